The predicted octanol–water partition coefficient (Wildman–Crippen LogP) is 4.27. The zero-order valence-corrected chi connectivity index (χ0v) is 18.8. The fraction of sp³-hybridized carbons (Fsp3) is 0.440. The molecule has 5 nitrogen and oxygen atoms in total. The summed E-state index contributed by atoms with van der Waals surface area (Å²) < 4.78 is 5.20. The molecule has 2 rings (SSSR count). The van der Waals surface area contributed by atoms with Gasteiger partial charge in [-0.05, 0) is 55.5 Å². The van der Waals surface area contributed by atoms with Gasteiger partial charge in [0.25, 0.3) is 0 Å². The normalized spacial score (nSPS) is 12.7. The van der Waals surface area contributed by atoms with Crippen LogP contribution in [0.25, 0.3) is 0 Å². The Balaban J connectivity index is 2.29. The molecule has 2 amide bonds. The van der Waals surface area contributed by atoms with Crippen molar-refractivity contribution in [2.45, 2.75) is 65.6 Å². The largest absolute Gasteiger partial charge is 0.497 e. The van der Waals surface area contributed by atoms with Crippen molar-refractivity contribution in [3.8, 4) is 5.75 Å². The second-order valence-corrected chi connectivity index (χ2v) is 7.71. The summed E-state index contributed by atoms with van der Waals surface area (Å²) in [4.78, 5) is 28.1. The van der Waals surface area contributed by atoms with Gasteiger partial charge < -0.3 is 15.0 Å². The number of hydrogen-bond donors (Lipinski definition) is 1. The van der Waals surface area contributed by atoms with Gasteiger partial charge in [0.15, 0.2) is 0 Å². The summed E-state index contributed by atoms with van der Waals surface area (Å²) in [5, 5.41) is 3.05. The summed E-state index contributed by atoms with van der Waals surface area (Å²) in [5.41, 5.74) is 3.06. The smallest absolute Gasteiger partial charge is 0.243 e. The van der Waals surface area contributed by atoms with Crippen LogP contribution in [0.1, 0.15) is 50.3 Å². The van der Waals surface area contributed by atoms with Crippen LogP contribution in [0.5, 0.6) is 5.75 Å². The van der Waals surface area contributed by atoms with E-state index in [0.717, 1.165) is 28.9 Å². The number of methoxy groups -OCH3 is 1. The standard InChI is InChI=1S/C25H34N2O3/c1-6-19(4)26-25(29)23(7-2)27(17-21-11-9-8-10-18(21)3)24(28)16-20-12-14-22(30-5)15-13-20/h8-15,19,23H,6-7,16-17H2,1-5H3,(H,26,29). The first-order valence-corrected chi connectivity index (χ1v) is 10.7. The number of carbonyl (C=O) groups excluding carboxylic acids is 2. The number of benzene rings is 2. The molecule has 5 heteroatoms. The Bertz CT molecular complexity index is 833. The molecule has 0 aliphatic carbocycles. The average molecular weight is 411 g/mol. The van der Waals surface area contributed by atoms with E-state index in [0.29, 0.717) is 13.0 Å². The number of amides is 2. The Labute approximate surface area is 180 Å². The van der Waals surface area contributed by atoms with Gasteiger partial charge >= 0.3 is 0 Å². The Morgan fingerprint density at radius 1 is 1.03 bits per heavy atom. The van der Waals surface area contributed by atoms with Gasteiger partial charge in [0.05, 0.1) is 13.5 Å². The first-order valence-electron chi connectivity index (χ1n) is 10.7. The van der Waals surface area contributed by atoms with E-state index in [4.69, 9.17) is 4.74 Å². The molecule has 2 atom stereocenters. The molecule has 0 saturated carbocycles. The van der Waals surface area contributed by atoms with Gasteiger partial charge in [-0.15, -0.1) is 0 Å². The minimum absolute atomic E-state index is 0.0606. The number of nitrogens with one attached hydrogen (secondary N) is 1. The molecule has 0 aromatic heterocycles. The fourth-order valence-corrected chi connectivity index (χ4v) is 3.35. The summed E-state index contributed by atoms with van der Waals surface area (Å²) in [6.45, 7) is 8.41. The third-order valence-electron chi connectivity index (χ3n) is 5.50. The summed E-state index contributed by atoms with van der Waals surface area (Å²) in [5.74, 6) is 0.598. The molecule has 162 valence electrons. The van der Waals surface area contributed by atoms with E-state index in [9.17, 15) is 9.59 Å². The molecular weight excluding hydrogens is 376 g/mol. The molecule has 0 saturated heterocycles. The van der Waals surface area contributed by atoms with E-state index in [1.165, 1.54) is 0 Å². The molecular formula is C25H34N2O3. The first kappa shape index (κ1) is 23.5. The van der Waals surface area contributed by atoms with Crippen LogP contribution in [-0.4, -0.2) is 35.9 Å². The maximum absolute atomic E-state index is 13.4. The van der Waals surface area contributed by atoms with Gasteiger partial charge in [-0.1, -0.05) is 50.2 Å². The predicted molar refractivity (Wildman–Crippen MR) is 120 cm³/mol. The molecule has 0 aliphatic heterocycles. The van der Waals surface area contributed by atoms with Gasteiger partial charge in [-0.3, -0.25) is 9.59 Å². The topological polar surface area (TPSA) is 58.6 Å². The molecule has 30 heavy (non-hydrogen) atoms. The molecule has 1 N–H and O–H groups in total. The number of carbonyl (C=O) groups is 2. The van der Waals surface area contributed by atoms with E-state index >= 15 is 0 Å². The lowest BCUT2D eigenvalue weighted by atomic mass is 10.0. The number of rotatable bonds is 10. The molecule has 0 aliphatic rings. The lowest BCUT2D eigenvalue weighted by molar-refractivity contribution is -0.141. The molecule has 2 aromatic rings. The molecule has 2 aromatic carbocycles. The van der Waals surface area contributed by atoms with Gasteiger partial charge in [-0.25, -0.2) is 0 Å². The fourth-order valence-electron chi connectivity index (χ4n) is 3.35. The van der Waals surface area contributed by atoms with Crippen LogP contribution in [0.2, 0.25) is 0 Å². The molecule has 0 bridgehead atoms. The summed E-state index contributed by atoms with van der Waals surface area (Å²) >= 11 is 0. The SMILES string of the molecule is CCC(C)NC(=O)C(CC)N(Cc1ccccc1C)C(=O)Cc1ccc(OC)cc1. The Morgan fingerprint density at radius 3 is 2.27 bits per heavy atom. The van der Waals surface area contributed by atoms with Crippen LogP contribution >= 0.6 is 0 Å². The Morgan fingerprint density at radius 2 is 1.70 bits per heavy atom. The average Bonchev–Trinajstić information content (AvgIpc) is 2.75. The van der Waals surface area contributed by atoms with E-state index in [2.05, 4.69) is 5.32 Å². The second-order valence-electron chi connectivity index (χ2n) is 7.71. The highest BCUT2D eigenvalue weighted by atomic mass is 16.5. The second kappa shape index (κ2) is 11.4. The molecule has 0 radical (unpaired) electrons. The van der Waals surface area contributed by atoms with Crippen molar-refractivity contribution in [3.63, 3.8) is 0 Å². The summed E-state index contributed by atoms with van der Waals surface area (Å²) in [6.07, 6.45) is 1.64. The van der Waals surface area contributed by atoms with Crippen LogP contribution in [0, 0.1) is 6.92 Å². The molecule has 0 heterocycles. The van der Waals surface area contributed by atoms with Crippen molar-refractivity contribution in [2.24, 2.45) is 0 Å². The van der Waals surface area contributed by atoms with Crippen molar-refractivity contribution < 1.29 is 14.3 Å². The van der Waals surface area contributed by atoms with Gasteiger partial charge in [0.1, 0.15) is 11.8 Å². The van der Waals surface area contributed by atoms with Crippen LogP contribution < -0.4 is 10.1 Å². The maximum Gasteiger partial charge on any atom is 0.243 e. The lowest BCUT2D eigenvalue weighted by Crippen LogP contribution is -2.51. The van der Waals surface area contributed by atoms with Gasteiger partial charge in [-0.2, -0.15) is 0 Å². The molecule has 0 fully saturated rings. The van der Waals surface area contributed by atoms with E-state index in [-0.39, 0.29) is 24.3 Å². The van der Waals surface area contributed by atoms with Gasteiger partial charge in [0.2, 0.25) is 11.8 Å². The number of hydrogen-bond acceptors (Lipinski definition) is 3. The quantitative estimate of drug-likeness (QED) is 0.636. The van der Waals surface area contributed by atoms with Crippen molar-refractivity contribution in [3.05, 3.63) is 65.2 Å². The van der Waals surface area contributed by atoms with Crippen molar-refractivity contribution in [1.29, 1.82) is 0 Å². The lowest BCUT2D eigenvalue weighted by Gasteiger charge is -2.32. The highest BCUT2D eigenvalue weighted by molar-refractivity contribution is 5.88. The Kier molecular flexibility index (Phi) is 8.90. The number of aryl methyl sites for hydroxylation is 1. The van der Waals surface area contributed by atoms with Crippen molar-refractivity contribution in [1.82, 2.24) is 10.2 Å². The van der Waals surface area contributed by atoms with E-state index in [1.54, 1.807) is 12.0 Å². The summed E-state index contributed by atoms with van der Waals surface area (Å²) in [7, 11) is 1.62. The van der Waals surface area contributed by atoms with E-state index < -0.39 is 6.04 Å². The van der Waals surface area contributed by atoms with Gasteiger partial charge in [0, 0.05) is 12.6 Å². The summed E-state index contributed by atoms with van der Waals surface area (Å²) in [6, 6.07) is 15.0. The third-order valence-corrected chi connectivity index (χ3v) is 5.50. The van der Waals surface area contributed by atoms with Crippen LogP contribution in [0.15, 0.2) is 48.5 Å². The minimum atomic E-state index is -0.510. The number of nitrogens with zero attached hydrogens (tertiary/aromatic N) is 1. The molecule has 2 unspecified atom stereocenters. The van der Waals surface area contributed by atoms with Crippen LogP contribution in [0.3, 0.4) is 0 Å². The zero-order valence-electron chi connectivity index (χ0n) is 18.8. The van der Waals surface area contributed by atoms with Crippen molar-refractivity contribution >= 4 is 11.8 Å². The Hall–Kier alpha value is -2.82. The minimum Gasteiger partial charge on any atom is -0.497 e. The zero-order chi connectivity index (χ0) is 22.1. The monoisotopic (exact) mass is 410 g/mol. The third kappa shape index (κ3) is 6.34. The first-order chi connectivity index (χ1) is 14.4. The highest BCUT2D eigenvalue weighted by Crippen LogP contribution is 2.18. The highest BCUT2D eigenvalue weighted by Gasteiger charge is 2.29. The van der Waals surface area contributed by atoms with Crippen molar-refractivity contribution in [2.75, 3.05) is 7.11 Å². The van der Waals surface area contributed by atoms with Crippen LogP contribution in [-0.2, 0) is 22.6 Å². The molecule has 0 spiro atoms. The van der Waals surface area contributed by atoms with E-state index in [1.807, 2.05) is 76.2 Å². The number of ether oxygens (including phenoxy) is 1. The maximum atomic E-state index is 13.4. The van der Waals surface area contributed by atoms with Crippen LogP contribution in [0.4, 0.5) is 0 Å².